The molecule has 2 nitrogen and oxygen atoms in total. The summed E-state index contributed by atoms with van der Waals surface area (Å²) in [6.07, 6.45) is 5.45. The molecule has 3 heteroatoms. The van der Waals surface area contributed by atoms with Gasteiger partial charge in [-0.15, -0.1) is 0 Å². The van der Waals surface area contributed by atoms with Crippen molar-refractivity contribution in [2.24, 2.45) is 0 Å². The van der Waals surface area contributed by atoms with E-state index in [1.165, 1.54) is 59.9 Å². The molecule has 0 bridgehead atoms. The van der Waals surface area contributed by atoms with Crippen LogP contribution in [0.4, 0.5) is 0 Å². The van der Waals surface area contributed by atoms with Crippen LogP contribution < -0.4 is 4.74 Å². The molecule has 2 aromatic rings. The molecule has 0 amide bonds. The average molecular weight is 427 g/mol. The van der Waals surface area contributed by atoms with Crippen LogP contribution in [0, 0.1) is 13.8 Å². The summed E-state index contributed by atoms with van der Waals surface area (Å²) in [6, 6.07) is 17.4. The first-order chi connectivity index (χ1) is 12.2. The van der Waals surface area contributed by atoms with Gasteiger partial charge in [-0.3, -0.25) is 0 Å². The van der Waals surface area contributed by atoms with Crippen molar-refractivity contribution in [2.75, 3.05) is 26.2 Å². The molecule has 1 saturated heterocycles. The van der Waals surface area contributed by atoms with Crippen LogP contribution in [0.1, 0.15) is 42.4 Å². The second kappa shape index (κ2) is 10.6. The Bertz CT molecular complexity index is 643. The van der Waals surface area contributed by atoms with Gasteiger partial charge < -0.3 is 9.22 Å². The first kappa shape index (κ1) is 21.6. The van der Waals surface area contributed by atoms with Crippen LogP contribution in [0.2, 0.25) is 0 Å². The van der Waals surface area contributed by atoms with E-state index in [0.717, 1.165) is 25.4 Å². The van der Waals surface area contributed by atoms with Crippen LogP contribution in [0.25, 0.3) is 0 Å². The molecular weight excluding hydrogens is 395 g/mol. The third kappa shape index (κ3) is 5.91. The first-order valence-electron chi connectivity index (χ1n) is 9.77. The second-order valence-electron chi connectivity index (χ2n) is 7.64. The molecule has 0 unspecified atom stereocenters. The topological polar surface area (TPSA) is 9.23 Å². The molecular formula is C23H32NOY+. The van der Waals surface area contributed by atoms with Crippen molar-refractivity contribution in [3.05, 3.63) is 65.2 Å². The third-order valence-electron chi connectivity index (χ3n) is 5.60. The van der Waals surface area contributed by atoms with Crippen LogP contribution >= 0.6 is 0 Å². The normalized spacial score (nSPS) is 16.4. The number of hydrogen-bond donors (Lipinski definition) is 0. The van der Waals surface area contributed by atoms with E-state index in [0.29, 0.717) is 0 Å². The van der Waals surface area contributed by atoms with Crippen molar-refractivity contribution >= 4 is 0 Å². The summed E-state index contributed by atoms with van der Waals surface area (Å²) < 4.78 is 7.43. The maximum Gasteiger partial charge on any atom is 0.137 e. The summed E-state index contributed by atoms with van der Waals surface area (Å²) >= 11 is 0. The fourth-order valence-electron chi connectivity index (χ4n) is 4.16. The van der Waals surface area contributed by atoms with Crippen molar-refractivity contribution in [3.8, 4) is 5.75 Å². The number of ether oxygens (including phenoxy) is 1. The predicted octanol–water partition coefficient (Wildman–Crippen LogP) is 5.27. The second-order valence-corrected chi connectivity index (χ2v) is 7.64. The quantitative estimate of drug-likeness (QED) is 0.571. The fraction of sp³-hybridized carbons (Fsp3) is 0.478. The molecule has 0 saturated carbocycles. The van der Waals surface area contributed by atoms with Crippen LogP contribution in [-0.2, 0) is 39.3 Å². The van der Waals surface area contributed by atoms with E-state index in [4.69, 9.17) is 4.74 Å². The molecule has 0 aromatic heterocycles. The van der Waals surface area contributed by atoms with Crippen LogP contribution in [-0.4, -0.2) is 30.7 Å². The maximum atomic E-state index is 6.26. The molecule has 1 radical (unpaired) electrons. The largest absolute Gasteiger partial charge is 0.487 e. The molecule has 26 heavy (non-hydrogen) atoms. The van der Waals surface area contributed by atoms with Gasteiger partial charge in [-0.05, 0) is 50.7 Å². The molecule has 1 aliphatic rings. The summed E-state index contributed by atoms with van der Waals surface area (Å²) in [4.78, 5) is 0. The Hall–Kier alpha value is -0.696. The molecule has 3 rings (SSSR count). The van der Waals surface area contributed by atoms with Crippen molar-refractivity contribution in [1.29, 1.82) is 0 Å². The zero-order valence-corrected chi connectivity index (χ0v) is 19.3. The Morgan fingerprint density at radius 2 is 1.42 bits per heavy atom. The molecule has 0 aliphatic carbocycles. The van der Waals surface area contributed by atoms with Crippen LogP contribution in [0.3, 0.4) is 0 Å². The molecule has 0 atom stereocenters. The number of para-hydroxylation sites is 1. The van der Waals surface area contributed by atoms with Crippen LogP contribution in [0.5, 0.6) is 5.75 Å². The van der Waals surface area contributed by atoms with E-state index >= 15 is 0 Å². The zero-order chi connectivity index (χ0) is 17.5. The summed E-state index contributed by atoms with van der Waals surface area (Å²) in [6.45, 7) is 9.89. The Morgan fingerprint density at radius 3 is 2.04 bits per heavy atom. The molecule has 0 N–H and O–H groups in total. The van der Waals surface area contributed by atoms with Gasteiger partial charge in [0.05, 0.1) is 13.1 Å². The Morgan fingerprint density at radius 1 is 0.808 bits per heavy atom. The number of likely N-dealkylation sites (tertiary alicyclic amines) is 1. The van der Waals surface area contributed by atoms with E-state index in [-0.39, 0.29) is 32.7 Å². The molecule has 1 fully saturated rings. The van der Waals surface area contributed by atoms with Gasteiger partial charge in [0, 0.05) is 38.3 Å². The minimum Gasteiger partial charge on any atom is -0.487 e. The van der Waals surface area contributed by atoms with Gasteiger partial charge >= 0.3 is 0 Å². The summed E-state index contributed by atoms with van der Waals surface area (Å²) in [5, 5.41) is 0. The molecule has 0 spiro atoms. The number of benzene rings is 2. The number of hydrogen-bond acceptors (Lipinski definition) is 1. The Labute approximate surface area is 184 Å². The van der Waals surface area contributed by atoms with Crippen molar-refractivity contribution in [2.45, 2.75) is 46.1 Å². The van der Waals surface area contributed by atoms with Gasteiger partial charge in [0.15, 0.2) is 0 Å². The number of aryl methyl sites for hydroxylation is 2. The number of nitrogens with zero attached hydrogens (tertiary/aromatic N) is 1. The predicted molar refractivity (Wildman–Crippen MR) is 105 cm³/mol. The smallest absolute Gasteiger partial charge is 0.137 e. The third-order valence-corrected chi connectivity index (χ3v) is 5.60. The fourth-order valence-corrected chi connectivity index (χ4v) is 4.16. The van der Waals surface area contributed by atoms with Gasteiger partial charge in [0.2, 0.25) is 0 Å². The van der Waals surface area contributed by atoms with E-state index < -0.39 is 0 Å². The minimum atomic E-state index is 0. The van der Waals surface area contributed by atoms with Gasteiger partial charge in [0.1, 0.15) is 25.4 Å². The van der Waals surface area contributed by atoms with Gasteiger partial charge in [-0.2, -0.15) is 0 Å². The summed E-state index contributed by atoms with van der Waals surface area (Å²) in [5.41, 5.74) is 3.94. The van der Waals surface area contributed by atoms with Crippen molar-refractivity contribution in [3.63, 3.8) is 0 Å². The van der Waals surface area contributed by atoms with E-state index in [9.17, 15) is 0 Å². The maximum absolute atomic E-state index is 6.26. The van der Waals surface area contributed by atoms with E-state index in [2.05, 4.69) is 62.4 Å². The van der Waals surface area contributed by atoms with Gasteiger partial charge in [-0.1, -0.05) is 48.5 Å². The van der Waals surface area contributed by atoms with Crippen molar-refractivity contribution < 1.29 is 41.9 Å². The molecule has 1 aliphatic heterocycles. The Balaban J connectivity index is 0.00000243. The monoisotopic (exact) mass is 427 g/mol. The van der Waals surface area contributed by atoms with Crippen molar-refractivity contribution in [1.82, 2.24) is 0 Å². The van der Waals surface area contributed by atoms with Gasteiger partial charge in [0.25, 0.3) is 0 Å². The minimum absolute atomic E-state index is 0. The number of quaternary nitrogens is 1. The van der Waals surface area contributed by atoms with Crippen LogP contribution in [0.15, 0.2) is 48.5 Å². The molecule has 137 valence electrons. The average Bonchev–Trinajstić information content (AvgIpc) is 2.84. The Kier molecular flexibility index (Phi) is 8.80. The van der Waals surface area contributed by atoms with E-state index in [1.807, 2.05) is 0 Å². The number of rotatable bonds is 6. The first-order valence-corrected chi connectivity index (χ1v) is 9.77. The summed E-state index contributed by atoms with van der Waals surface area (Å²) in [7, 11) is 0. The SMILES string of the molecule is Cc1cccc(C)c1OCC[N+]1(Cc2ccccc2)CCCCCC1.[Y]. The molecule has 1 heterocycles. The molecule has 2 aromatic carbocycles. The summed E-state index contributed by atoms with van der Waals surface area (Å²) in [5.74, 6) is 1.08. The van der Waals surface area contributed by atoms with E-state index in [1.54, 1.807) is 0 Å². The standard InChI is InChI=1S/C23H32NO.Y/c1-20-11-10-12-21(2)23(20)25-18-17-24(15-8-3-4-9-16-24)19-22-13-6-5-7-14-22;/h5-7,10-14H,3-4,8-9,15-19H2,1-2H3;/q+1;. The van der Waals surface area contributed by atoms with Gasteiger partial charge in [-0.25, -0.2) is 0 Å². The zero-order valence-electron chi connectivity index (χ0n) is 16.4.